The summed E-state index contributed by atoms with van der Waals surface area (Å²) in [5, 5.41) is 8.05. The minimum Gasteiger partial charge on any atom is -0.447 e. The highest BCUT2D eigenvalue weighted by Gasteiger charge is 2.13. The Morgan fingerprint density at radius 3 is 2.40 bits per heavy atom. The zero-order chi connectivity index (χ0) is 14.8. The third-order valence-corrected chi connectivity index (χ3v) is 3.86. The Hall–Kier alpha value is -1.63. The zero-order valence-corrected chi connectivity index (χ0v) is 12.3. The van der Waals surface area contributed by atoms with Gasteiger partial charge in [-0.3, -0.25) is 0 Å². The van der Waals surface area contributed by atoms with E-state index in [-0.39, 0.29) is 11.1 Å². The van der Waals surface area contributed by atoms with E-state index in [4.69, 9.17) is 9.56 Å². The van der Waals surface area contributed by atoms with Crippen LogP contribution in [0.1, 0.15) is 29.9 Å². The summed E-state index contributed by atoms with van der Waals surface area (Å²) in [7, 11) is -3.77. The predicted octanol–water partition coefficient (Wildman–Crippen LogP) is 2.09. The summed E-state index contributed by atoms with van der Waals surface area (Å²) < 4.78 is 27.4. The van der Waals surface area contributed by atoms with E-state index in [1.165, 1.54) is 11.6 Å². The number of benzene rings is 1. The first kappa shape index (κ1) is 14.8. The van der Waals surface area contributed by atoms with Crippen LogP contribution in [-0.2, 0) is 16.6 Å². The molecule has 108 valence electrons. The molecule has 6 heteroatoms. The van der Waals surface area contributed by atoms with E-state index in [0.29, 0.717) is 12.3 Å². The zero-order valence-electron chi connectivity index (χ0n) is 11.5. The molecule has 1 atom stereocenters. The lowest BCUT2D eigenvalue weighted by molar-refractivity contribution is 0.393. The van der Waals surface area contributed by atoms with Crippen LogP contribution in [0.4, 0.5) is 0 Å². The lowest BCUT2D eigenvalue weighted by Crippen LogP contribution is -2.17. The van der Waals surface area contributed by atoms with Crippen LogP contribution in [0, 0.1) is 6.92 Å². The molecule has 1 aromatic carbocycles. The summed E-state index contributed by atoms with van der Waals surface area (Å²) in [5.74, 6) is 0.535. The number of nitrogens with one attached hydrogen (secondary N) is 1. The van der Waals surface area contributed by atoms with Gasteiger partial charge >= 0.3 is 0 Å². The lowest BCUT2D eigenvalue weighted by atomic mass is 10.1. The number of nitrogens with two attached hydrogens (primary N) is 1. The van der Waals surface area contributed by atoms with Crippen LogP contribution in [0.5, 0.6) is 0 Å². The molecule has 2 rings (SSSR count). The summed E-state index contributed by atoms with van der Waals surface area (Å²) >= 11 is 0. The average Bonchev–Trinajstić information content (AvgIpc) is 2.85. The highest BCUT2D eigenvalue weighted by atomic mass is 32.2. The Kier molecular flexibility index (Phi) is 4.27. The molecule has 0 aliphatic rings. The third-order valence-electron chi connectivity index (χ3n) is 3.08. The molecule has 20 heavy (non-hydrogen) atoms. The van der Waals surface area contributed by atoms with Crippen molar-refractivity contribution in [2.75, 3.05) is 0 Å². The van der Waals surface area contributed by atoms with Gasteiger partial charge in [0.2, 0.25) is 5.09 Å². The first-order valence-electron chi connectivity index (χ1n) is 6.28. The highest BCUT2D eigenvalue weighted by Crippen LogP contribution is 2.16. The smallest absolute Gasteiger partial charge is 0.271 e. The van der Waals surface area contributed by atoms with Crippen LogP contribution >= 0.6 is 0 Å². The van der Waals surface area contributed by atoms with Crippen LogP contribution in [0.3, 0.4) is 0 Å². The Labute approximate surface area is 118 Å². The fourth-order valence-corrected chi connectivity index (χ4v) is 2.31. The third kappa shape index (κ3) is 3.69. The maximum Gasteiger partial charge on any atom is 0.271 e. The minimum atomic E-state index is -3.77. The molecule has 1 aromatic heterocycles. The van der Waals surface area contributed by atoms with E-state index < -0.39 is 10.0 Å². The largest absolute Gasteiger partial charge is 0.447 e. The molecular weight excluding hydrogens is 276 g/mol. The lowest BCUT2D eigenvalue weighted by Gasteiger charge is -2.13. The first-order chi connectivity index (χ1) is 9.36. The van der Waals surface area contributed by atoms with Gasteiger partial charge in [0.05, 0.1) is 6.54 Å². The maximum absolute atomic E-state index is 11.1. The van der Waals surface area contributed by atoms with Crippen LogP contribution in [0.15, 0.2) is 45.9 Å². The molecule has 3 N–H and O–H groups in total. The van der Waals surface area contributed by atoms with Crippen molar-refractivity contribution in [2.45, 2.75) is 31.5 Å². The number of sulfonamides is 1. The van der Waals surface area contributed by atoms with Crippen molar-refractivity contribution >= 4 is 10.0 Å². The summed E-state index contributed by atoms with van der Waals surface area (Å²) in [4.78, 5) is 0. The van der Waals surface area contributed by atoms with Gasteiger partial charge in [0, 0.05) is 6.04 Å². The molecule has 0 amide bonds. The van der Waals surface area contributed by atoms with Crippen molar-refractivity contribution in [3.05, 3.63) is 53.3 Å². The molecule has 2 aromatic rings. The van der Waals surface area contributed by atoms with Crippen molar-refractivity contribution in [3.63, 3.8) is 0 Å². The number of rotatable bonds is 5. The number of primary sulfonamides is 1. The molecule has 0 unspecified atom stereocenters. The van der Waals surface area contributed by atoms with Crippen LogP contribution < -0.4 is 10.5 Å². The molecule has 0 spiro atoms. The fraction of sp³-hybridized carbons (Fsp3) is 0.286. The molecule has 5 nitrogen and oxygen atoms in total. The predicted molar refractivity (Wildman–Crippen MR) is 76.5 cm³/mol. The second kappa shape index (κ2) is 5.78. The van der Waals surface area contributed by atoms with Crippen LogP contribution in [0.25, 0.3) is 0 Å². The Morgan fingerprint density at radius 2 is 1.85 bits per heavy atom. The van der Waals surface area contributed by atoms with Crippen molar-refractivity contribution in [3.8, 4) is 0 Å². The quantitative estimate of drug-likeness (QED) is 0.884. The van der Waals surface area contributed by atoms with Crippen molar-refractivity contribution in [2.24, 2.45) is 5.14 Å². The van der Waals surface area contributed by atoms with Gasteiger partial charge in [-0.15, -0.1) is 0 Å². The number of furan rings is 1. The van der Waals surface area contributed by atoms with E-state index in [1.807, 2.05) is 13.8 Å². The SMILES string of the molecule is Cc1ccc([C@H](C)NCc2ccc(S(N)(=O)=O)o2)cc1. The fourth-order valence-electron chi connectivity index (χ4n) is 1.83. The van der Waals surface area contributed by atoms with Gasteiger partial charge in [0.15, 0.2) is 0 Å². The van der Waals surface area contributed by atoms with Gasteiger partial charge in [-0.05, 0) is 31.5 Å². The van der Waals surface area contributed by atoms with E-state index in [0.717, 1.165) is 5.56 Å². The normalized spacial score (nSPS) is 13.3. The Bertz CT molecular complexity index is 675. The van der Waals surface area contributed by atoms with Crippen LogP contribution in [0.2, 0.25) is 0 Å². The standard InChI is InChI=1S/C14H18N2O3S/c1-10-3-5-12(6-4-10)11(2)16-9-13-7-8-14(19-13)20(15,17)18/h3-8,11,16H,9H2,1-2H3,(H2,15,17,18)/t11-/m0/s1. The van der Waals surface area contributed by atoms with Crippen molar-refractivity contribution in [1.82, 2.24) is 5.32 Å². The molecule has 0 saturated carbocycles. The monoisotopic (exact) mass is 294 g/mol. The number of aryl methyl sites for hydroxylation is 1. The number of hydrogen-bond acceptors (Lipinski definition) is 4. The number of hydrogen-bond donors (Lipinski definition) is 2. The Balaban J connectivity index is 1.98. The van der Waals surface area contributed by atoms with Gasteiger partial charge in [0.25, 0.3) is 10.0 Å². The topological polar surface area (TPSA) is 85.3 Å². The van der Waals surface area contributed by atoms with E-state index >= 15 is 0 Å². The molecule has 1 heterocycles. The van der Waals surface area contributed by atoms with Gasteiger partial charge in [-0.1, -0.05) is 29.8 Å². The molecule has 0 bridgehead atoms. The minimum absolute atomic E-state index is 0.138. The van der Waals surface area contributed by atoms with E-state index in [9.17, 15) is 8.42 Å². The Morgan fingerprint density at radius 1 is 1.20 bits per heavy atom. The maximum atomic E-state index is 11.1. The molecule has 0 aliphatic heterocycles. The van der Waals surface area contributed by atoms with Crippen molar-refractivity contribution in [1.29, 1.82) is 0 Å². The van der Waals surface area contributed by atoms with Gasteiger partial charge in [-0.2, -0.15) is 0 Å². The first-order valence-corrected chi connectivity index (χ1v) is 7.82. The highest BCUT2D eigenvalue weighted by molar-refractivity contribution is 7.89. The molecule has 0 fully saturated rings. The summed E-state index contributed by atoms with van der Waals surface area (Å²) in [6.07, 6.45) is 0. The summed E-state index contributed by atoms with van der Waals surface area (Å²) in [6, 6.07) is 11.3. The van der Waals surface area contributed by atoms with Crippen LogP contribution in [-0.4, -0.2) is 8.42 Å². The van der Waals surface area contributed by atoms with Gasteiger partial charge < -0.3 is 9.73 Å². The summed E-state index contributed by atoms with van der Waals surface area (Å²) in [6.45, 7) is 4.51. The second-order valence-corrected chi connectivity index (χ2v) is 6.27. The van der Waals surface area contributed by atoms with Gasteiger partial charge in [0.1, 0.15) is 5.76 Å². The molecule has 0 saturated heterocycles. The molecule has 0 aliphatic carbocycles. The van der Waals surface area contributed by atoms with E-state index in [1.54, 1.807) is 6.07 Å². The van der Waals surface area contributed by atoms with Crippen molar-refractivity contribution < 1.29 is 12.8 Å². The second-order valence-electron chi connectivity index (χ2n) is 4.78. The van der Waals surface area contributed by atoms with E-state index in [2.05, 4.69) is 29.6 Å². The molecular formula is C14H18N2O3S. The average molecular weight is 294 g/mol. The van der Waals surface area contributed by atoms with Gasteiger partial charge in [-0.25, -0.2) is 13.6 Å². The molecule has 0 radical (unpaired) electrons. The summed E-state index contributed by atoms with van der Waals surface area (Å²) in [5.41, 5.74) is 2.37.